The summed E-state index contributed by atoms with van der Waals surface area (Å²) in [6.45, 7) is 4.00. The molecule has 0 aliphatic heterocycles. The van der Waals surface area contributed by atoms with Crippen LogP contribution in [0.3, 0.4) is 0 Å². The lowest BCUT2D eigenvalue weighted by atomic mass is 9.95. The number of hydrogen-bond acceptors (Lipinski definition) is 4. The van der Waals surface area contributed by atoms with E-state index in [4.69, 9.17) is 15.0 Å². The molecule has 0 saturated carbocycles. The van der Waals surface area contributed by atoms with Crippen LogP contribution in [0.4, 0.5) is 0 Å². The molecule has 0 spiro atoms. The lowest BCUT2D eigenvalue weighted by molar-refractivity contribution is 0.955. The fourth-order valence-electron chi connectivity index (χ4n) is 9.63. The molecule has 0 fully saturated rings. The van der Waals surface area contributed by atoms with Crippen LogP contribution >= 0.6 is 11.3 Å². The Balaban J connectivity index is 0.00000214. The summed E-state index contributed by atoms with van der Waals surface area (Å²) in [5, 5.41) is 12.2. The molecule has 13 aromatic rings. The van der Waals surface area contributed by atoms with E-state index in [9.17, 15) is 0 Å². The van der Waals surface area contributed by atoms with Gasteiger partial charge in [-0.25, -0.2) is 4.98 Å². The molecule has 0 aliphatic rings. The Kier molecular flexibility index (Phi) is 9.09. The number of hydrogen-bond donors (Lipinski definition) is 0. The summed E-state index contributed by atoms with van der Waals surface area (Å²) in [7, 11) is 0. The molecule has 0 amide bonds. The van der Waals surface area contributed by atoms with Crippen molar-refractivity contribution in [3.05, 3.63) is 206 Å². The number of fused-ring (bicyclic) bond motifs is 13. The van der Waals surface area contributed by atoms with Gasteiger partial charge in [0.1, 0.15) is 0 Å². The monoisotopic (exact) mass is 836 g/mol. The molecule has 0 bridgehead atoms. The largest absolute Gasteiger partial charge is 0.277 e. The maximum atomic E-state index is 5.46. The second-order valence-corrected chi connectivity index (χ2v) is 17.0. The molecule has 3 aromatic heterocycles. The van der Waals surface area contributed by atoms with E-state index in [-0.39, 0.29) is 0 Å². The van der Waals surface area contributed by atoms with Crippen molar-refractivity contribution in [2.45, 2.75) is 13.8 Å². The van der Waals surface area contributed by atoms with Gasteiger partial charge in [-0.05, 0) is 61.8 Å². The molecule has 5 heteroatoms. The fraction of sp³-hybridized carbons (Fsp3) is 0.0339. The summed E-state index contributed by atoms with van der Waals surface area (Å²) in [6.07, 6.45) is 0. The summed E-state index contributed by atoms with van der Waals surface area (Å²) in [5.74, 6) is 1.80. The number of nitrogens with zero attached hydrogens (tertiary/aromatic N) is 4. The molecule has 302 valence electrons. The van der Waals surface area contributed by atoms with Crippen LogP contribution in [-0.2, 0) is 0 Å². The summed E-state index contributed by atoms with van der Waals surface area (Å²) in [5.41, 5.74) is 8.54. The second-order valence-electron chi connectivity index (χ2n) is 15.9. The van der Waals surface area contributed by atoms with E-state index >= 15 is 0 Å². The first-order valence-electron chi connectivity index (χ1n) is 21.9. The minimum Gasteiger partial charge on any atom is -0.277 e. The zero-order valence-electron chi connectivity index (χ0n) is 35.3. The van der Waals surface area contributed by atoms with E-state index in [0.717, 1.165) is 49.6 Å². The predicted molar refractivity (Wildman–Crippen MR) is 273 cm³/mol. The van der Waals surface area contributed by atoms with Gasteiger partial charge in [0.2, 0.25) is 5.95 Å². The highest BCUT2D eigenvalue weighted by Crippen LogP contribution is 2.46. The first-order chi connectivity index (χ1) is 31.7. The number of benzene rings is 10. The van der Waals surface area contributed by atoms with E-state index in [1.54, 1.807) is 0 Å². The van der Waals surface area contributed by atoms with Crippen molar-refractivity contribution in [2.24, 2.45) is 0 Å². The molecular weight excluding hydrogens is 797 g/mol. The van der Waals surface area contributed by atoms with E-state index in [2.05, 4.69) is 187 Å². The Morgan fingerprint density at radius 2 is 0.875 bits per heavy atom. The van der Waals surface area contributed by atoms with Crippen molar-refractivity contribution in [3.8, 4) is 51.0 Å². The number of para-hydroxylation sites is 1. The predicted octanol–water partition coefficient (Wildman–Crippen LogP) is 16.5. The molecule has 10 aromatic carbocycles. The van der Waals surface area contributed by atoms with Crippen LogP contribution in [0.5, 0.6) is 0 Å². The molecule has 13 rings (SSSR count). The number of rotatable bonds is 5. The zero-order valence-corrected chi connectivity index (χ0v) is 36.1. The van der Waals surface area contributed by atoms with E-state index < -0.39 is 0 Å². The van der Waals surface area contributed by atoms with Gasteiger partial charge in [0.05, 0.1) is 11.0 Å². The standard InChI is InChI=1S/C57H34N4S.C2H6/c1-3-14-35(15-4-1)36-26-28-39(29-27-36)56-58-55(38-17-5-2-6-18-38)59-57(60-56)61-53-42(40-31-32-49-48(34-40)51-41-19-8-7-16-37(41)30-33-50(51)62-49)24-13-25-47(53)52-45-22-11-9-20-43(45)44-21-10-12-23-46(44)54(52)61;1-2/h1-34H;1-2H3. The highest BCUT2D eigenvalue weighted by molar-refractivity contribution is 7.26. The van der Waals surface area contributed by atoms with Crippen LogP contribution in [0.25, 0.3) is 125 Å². The summed E-state index contributed by atoms with van der Waals surface area (Å²) >= 11 is 1.86. The van der Waals surface area contributed by atoms with Crippen molar-refractivity contribution in [1.29, 1.82) is 0 Å². The molecule has 0 radical (unpaired) electrons. The van der Waals surface area contributed by atoms with Crippen LogP contribution in [0.15, 0.2) is 206 Å². The van der Waals surface area contributed by atoms with Crippen molar-refractivity contribution >= 4 is 85.6 Å². The van der Waals surface area contributed by atoms with E-state index in [1.165, 1.54) is 58.1 Å². The molecule has 64 heavy (non-hydrogen) atoms. The van der Waals surface area contributed by atoms with Crippen molar-refractivity contribution < 1.29 is 0 Å². The average Bonchev–Trinajstić information content (AvgIpc) is 3.94. The maximum Gasteiger partial charge on any atom is 0.238 e. The fourth-order valence-corrected chi connectivity index (χ4v) is 10.7. The number of thiophene rings is 1. The first-order valence-corrected chi connectivity index (χ1v) is 22.8. The Morgan fingerprint density at radius 1 is 0.344 bits per heavy atom. The minimum atomic E-state index is 0.571. The highest BCUT2D eigenvalue weighted by Gasteiger charge is 2.24. The summed E-state index contributed by atoms with van der Waals surface area (Å²) in [4.78, 5) is 16.1. The first kappa shape index (κ1) is 37.7. The third kappa shape index (κ3) is 6.00. The van der Waals surface area contributed by atoms with Gasteiger partial charge < -0.3 is 0 Å². The van der Waals surface area contributed by atoms with E-state index in [1.807, 2.05) is 49.4 Å². The topological polar surface area (TPSA) is 43.6 Å². The Bertz CT molecular complexity index is 3910. The van der Waals surface area contributed by atoms with Crippen LogP contribution < -0.4 is 0 Å². The smallest absolute Gasteiger partial charge is 0.238 e. The summed E-state index contributed by atoms with van der Waals surface area (Å²) in [6, 6.07) is 73.8. The van der Waals surface area contributed by atoms with Gasteiger partial charge in [-0.1, -0.05) is 202 Å². The lowest BCUT2D eigenvalue weighted by Gasteiger charge is -2.14. The normalized spacial score (nSPS) is 11.6. The molecule has 0 saturated heterocycles. The van der Waals surface area contributed by atoms with Crippen molar-refractivity contribution in [1.82, 2.24) is 19.5 Å². The van der Waals surface area contributed by atoms with Crippen LogP contribution in [-0.4, -0.2) is 19.5 Å². The van der Waals surface area contributed by atoms with Gasteiger partial charge in [0, 0.05) is 53.0 Å². The maximum absolute atomic E-state index is 5.46. The Morgan fingerprint density at radius 3 is 1.61 bits per heavy atom. The summed E-state index contributed by atoms with van der Waals surface area (Å²) < 4.78 is 4.90. The van der Waals surface area contributed by atoms with Crippen molar-refractivity contribution in [2.75, 3.05) is 0 Å². The van der Waals surface area contributed by atoms with Crippen LogP contribution in [0, 0.1) is 0 Å². The molecule has 3 heterocycles. The third-order valence-corrected chi connectivity index (χ3v) is 13.6. The molecule has 0 unspecified atom stereocenters. The van der Waals surface area contributed by atoms with Gasteiger partial charge in [-0.15, -0.1) is 11.3 Å². The molecular formula is C59H40N4S. The molecule has 0 atom stereocenters. The van der Waals surface area contributed by atoms with Gasteiger partial charge in [-0.3, -0.25) is 4.57 Å². The highest BCUT2D eigenvalue weighted by atomic mass is 32.1. The van der Waals surface area contributed by atoms with E-state index in [0.29, 0.717) is 17.6 Å². The van der Waals surface area contributed by atoms with Crippen LogP contribution in [0.2, 0.25) is 0 Å². The molecule has 0 aliphatic carbocycles. The lowest BCUT2D eigenvalue weighted by Crippen LogP contribution is -2.07. The average molecular weight is 837 g/mol. The molecule has 4 nitrogen and oxygen atoms in total. The van der Waals surface area contributed by atoms with Gasteiger partial charge in [-0.2, -0.15) is 9.97 Å². The van der Waals surface area contributed by atoms with Gasteiger partial charge >= 0.3 is 0 Å². The molecule has 0 N–H and O–H groups in total. The quantitative estimate of drug-likeness (QED) is 0.162. The zero-order chi connectivity index (χ0) is 42.7. The SMILES string of the molecule is CC.c1ccc(-c2ccc(-c3nc(-c4ccccc4)nc(-n4c5c(-c6ccc7sc8ccc9ccccc9c8c7c6)cccc5c5c6ccccc6c6ccccc6c54)n3)cc2)cc1. The Labute approximate surface area is 374 Å². The Hall–Kier alpha value is -7.99. The van der Waals surface area contributed by atoms with Crippen LogP contribution in [0.1, 0.15) is 13.8 Å². The minimum absolute atomic E-state index is 0.571. The third-order valence-electron chi connectivity index (χ3n) is 12.4. The van der Waals surface area contributed by atoms with Gasteiger partial charge in [0.15, 0.2) is 11.6 Å². The number of aromatic nitrogens is 4. The van der Waals surface area contributed by atoms with Crippen molar-refractivity contribution in [3.63, 3.8) is 0 Å². The van der Waals surface area contributed by atoms with Gasteiger partial charge in [0.25, 0.3) is 0 Å². The second kappa shape index (κ2) is 15.4.